The smallest absolute Gasteiger partial charge is 0.275 e. The molecule has 1 amide bonds. The van der Waals surface area contributed by atoms with Gasteiger partial charge in [0.25, 0.3) is 5.91 Å². The maximum Gasteiger partial charge on any atom is 0.275 e. The molecular formula is C17H14FN3O2S. The molecule has 0 radical (unpaired) electrons. The van der Waals surface area contributed by atoms with Crippen LogP contribution in [0.15, 0.2) is 41.8 Å². The number of amides is 1. The van der Waals surface area contributed by atoms with E-state index in [0.717, 1.165) is 0 Å². The predicted octanol–water partition coefficient (Wildman–Crippen LogP) is 3.91. The van der Waals surface area contributed by atoms with E-state index in [4.69, 9.17) is 4.74 Å². The van der Waals surface area contributed by atoms with Crippen LogP contribution in [0.1, 0.15) is 16.2 Å². The third kappa shape index (κ3) is 3.26. The number of nitrogens with zero attached hydrogens (tertiary/aromatic N) is 2. The van der Waals surface area contributed by atoms with Gasteiger partial charge in [0, 0.05) is 17.0 Å². The van der Waals surface area contributed by atoms with Crippen LogP contribution < -0.4 is 10.1 Å². The number of hydrogen-bond acceptors (Lipinski definition) is 5. The molecule has 0 atom stereocenters. The second kappa shape index (κ2) is 6.76. The van der Waals surface area contributed by atoms with Crippen LogP contribution in [-0.2, 0) is 0 Å². The van der Waals surface area contributed by atoms with Crippen LogP contribution in [0, 0.1) is 12.7 Å². The van der Waals surface area contributed by atoms with Crippen molar-refractivity contribution < 1.29 is 13.9 Å². The summed E-state index contributed by atoms with van der Waals surface area (Å²) in [7, 11) is 1.53. The van der Waals surface area contributed by atoms with Crippen LogP contribution in [-0.4, -0.2) is 23.0 Å². The third-order valence-corrected chi connectivity index (χ3v) is 4.23. The van der Waals surface area contributed by atoms with Gasteiger partial charge in [-0.05, 0) is 25.1 Å². The van der Waals surface area contributed by atoms with Gasteiger partial charge >= 0.3 is 0 Å². The molecular weight excluding hydrogens is 329 g/mol. The van der Waals surface area contributed by atoms with Gasteiger partial charge in [-0.25, -0.2) is 14.4 Å². The average Bonchev–Trinajstić information content (AvgIpc) is 3.07. The maximum absolute atomic E-state index is 13.8. The zero-order chi connectivity index (χ0) is 17.1. The van der Waals surface area contributed by atoms with Gasteiger partial charge < -0.3 is 10.1 Å². The molecule has 0 unspecified atom stereocenters. The largest absolute Gasteiger partial charge is 0.481 e. The van der Waals surface area contributed by atoms with E-state index >= 15 is 0 Å². The van der Waals surface area contributed by atoms with Crippen molar-refractivity contribution in [3.05, 3.63) is 59.0 Å². The molecule has 1 N–H and O–H groups in total. The molecule has 0 aliphatic rings. The number of methoxy groups -OCH3 is 1. The van der Waals surface area contributed by atoms with E-state index in [1.165, 1.54) is 24.5 Å². The molecule has 0 aliphatic heterocycles. The lowest BCUT2D eigenvalue weighted by molar-refractivity contribution is 0.102. The predicted molar refractivity (Wildman–Crippen MR) is 91.0 cm³/mol. The Balaban J connectivity index is 1.81. The summed E-state index contributed by atoms with van der Waals surface area (Å²) in [5, 5.41) is 4.81. The first-order valence-electron chi connectivity index (χ1n) is 7.12. The summed E-state index contributed by atoms with van der Waals surface area (Å²) in [5.74, 6) is -0.265. The van der Waals surface area contributed by atoms with Crippen molar-refractivity contribution >= 4 is 22.9 Å². The van der Waals surface area contributed by atoms with Gasteiger partial charge in [0.2, 0.25) is 5.88 Å². The molecule has 2 heterocycles. The van der Waals surface area contributed by atoms with Crippen LogP contribution in [0.4, 0.5) is 10.1 Å². The fourth-order valence-electron chi connectivity index (χ4n) is 2.11. The highest BCUT2D eigenvalue weighted by Crippen LogP contribution is 2.26. The second-order valence-corrected chi connectivity index (χ2v) is 5.82. The van der Waals surface area contributed by atoms with Gasteiger partial charge in [-0.3, -0.25) is 4.79 Å². The molecule has 122 valence electrons. The Morgan fingerprint density at radius 3 is 2.71 bits per heavy atom. The Morgan fingerprint density at radius 1 is 1.21 bits per heavy atom. The Labute approximate surface area is 142 Å². The summed E-state index contributed by atoms with van der Waals surface area (Å²) in [6.07, 6.45) is 0. The number of anilines is 1. The SMILES string of the molecule is COc1ccc(NC(=O)c2csc(-c3ccccc3F)n2)c(C)n1. The lowest BCUT2D eigenvalue weighted by Gasteiger charge is -2.07. The number of carbonyl (C=O) groups excluding carboxylic acids is 1. The zero-order valence-corrected chi connectivity index (χ0v) is 13.9. The summed E-state index contributed by atoms with van der Waals surface area (Å²) in [6, 6.07) is 9.71. The normalized spacial score (nSPS) is 10.5. The van der Waals surface area contributed by atoms with E-state index in [1.54, 1.807) is 42.6 Å². The number of rotatable bonds is 4. The Bertz CT molecular complexity index is 895. The number of carbonyl (C=O) groups is 1. The molecule has 5 nitrogen and oxygen atoms in total. The number of pyridine rings is 1. The summed E-state index contributed by atoms with van der Waals surface area (Å²) in [6.45, 7) is 1.77. The minimum atomic E-state index is -0.371. The number of benzene rings is 1. The highest BCUT2D eigenvalue weighted by Gasteiger charge is 2.15. The molecule has 0 saturated heterocycles. The number of aryl methyl sites for hydroxylation is 1. The lowest BCUT2D eigenvalue weighted by Crippen LogP contribution is -2.13. The summed E-state index contributed by atoms with van der Waals surface area (Å²) in [4.78, 5) is 20.8. The third-order valence-electron chi connectivity index (χ3n) is 3.36. The van der Waals surface area contributed by atoms with Crippen LogP contribution in [0.5, 0.6) is 5.88 Å². The van der Waals surface area contributed by atoms with Gasteiger partial charge in [0.1, 0.15) is 16.5 Å². The fourth-order valence-corrected chi connectivity index (χ4v) is 2.93. The molecule has 24 heavy (non-hydrogen) atoms. The molecule has 0 saturated carbocycles. The van der Waals surface area contributed by atoms with Crippen molar-refractivity contribution in [3.63, 3.8) is 0 Å². The van der Waals surface area contributed by atoms with Crippen LogP contribution in [0.25, 0.3) is 10.6 Å². The molecule has 0 bridgehead atoms. The van der Waals surface area contributed by atoms with E-state index in [0.29, 0.717) is 27.8 Å². The minimum absolute atomic E-state index is 0.230. The molecule has 2 aromatic heterocycles. The van der Waals surface area contributed by atoms with Gasteiger partial charge in [-0.2, -0.15) is 0 Å². The topological polar surface area (TPSA) is 64.1 Å². The fraction of sp³-hybridized carbons (Fsp3) is 0.118. The Morgan fingerprint density at radius 2 is 2.00 bits per heavy atom. The van der Waals surface area contributed by atoms with E-state index in [2.05, 4.69) is 15.3 Å². The molecule has 7 heteroatoms. The zero-order valence-electron chi connectivity index (χ0n) is 13.0. The van der Waals surface area contributed by atoms with E-state index < -0.39 is 0 Å². The molecule has 0 aliphatic carbocycles. The quantitative estimate of drug-likeness (QED) is 0.780. The van der Waals surface area contributed by atoms with Gasteiger partial charge in [0.05, 0.1) is 18.5 Å². The van der Waals surface area contributed by atoms with Gasteiger partial charge in [-0.1, -0.05) is 12.1 Å². The standard InChI is InChI=1S/C17H14FN3O2S/c1-10-13(7-8-15(19-10)23-2)20-16(22)14-9-24-17(21-14)11-5-3-4-6-12(11)18/h3-9H,1-2H3,(H,20,22). The molecule has 3 aromatic rings. The number of nitrogens with one attached hydrogen (secondary N) is 1. The number of aromatic nitrogens is 2. The maximum atomic E-state index is 13.8. The first-order chi connectivity index (χ1) is 11.6. The first-order valence-corrected chi connectivity index (χ1v) is 8.00. The van der Waals surface area contributed by atoms with Crippen molar-refractivity contribution in [1.29, 1.82) is 0 Å². The van der Waals surface area contributed by atoms with Gasteiger partial charge in [-0.15, -0.1) is 11.3 Å². The highest BCUT2D eigenvalue weighted by atomic mass is 32.1. The molecule has 3 rings (SSSR count). The van der Waals surface area contributed by atoms with E-state index in [-0.39, 0.29) is 17.4 Å². The van der Waals surface area contributed by atoms with Crippen molar-refractivity contribution in [2.75, 3.05) is 12.4 Å². The second-order valence-electron chi connectivity index (χ2n) is 4.96. The van der Waals surface area contributed by atoms with Crippen molar-refractivity contribution in [3.8, 4) is 16.5 Å². The minimum Gasteiger partial charge on any atom is -0.481 e. The van der Waals surface area contributed by atoms with Crippen LogP contribution >= 0.6 is 11.3 Å². The van der Waals surface area contributed by atoms with Gasteiger partial charge in [0.15, 0.2) is 0 Å². The summed E-state index contributed by atoms with van der Waals surface area (Å²) >= 11 is 1.22. The summed E-state index contributed by atoms with van der Waals surface area (Å²) < 4.78 is 18.8. The molecule has 1 aromatic carbocycles. The van der Waals surface area contributed by atoms with E-state index in [9.17, 15) is 9.18 Å². The van der Waals surface area contributed by atoms with Crippen molar-refractivity contribution in [2.45, 2.75) is 6.92 Å². The number of thiazole rings is 1. The number of ether oxygens (including phenoxy) is 1. The monoisotopic (exact) mass is 343 g/mol. The Hall–Kier alpha value is -2.80. The average molecular weight is 343 g/mol. The van der Waals surface area contributed by atoms with Crippen LogP contribution in [0.2, 0.25) is 0 Å². The number of halogens is 1. The first kappa shape index (κ1) is 16.1. The van der Waals surface area contributed by atoms with Crippen LogP contribution in [0.3, 0.4) is 0 Å². The Kier molecular flexibility index (Phi) is 4.52. The highest BCUT2D eigenvalue weighted by molar-refractivity contribution is 7.13. The number of hydrogen-bond donors (Lipinski definition) is 1. The molecule has 0 spiro atoms. The summed E-state index contributed by atoms with van der Waals surface area (Å²) in [5.41, 5.74) is 1.81. The van der Waals surface area contributed by atoms with Crippen molar-refractivity contribution in [2.24, 2.45) is 0 Å². The molecule has 0 fully saturated rings. The van der Waals surface area contributed by atoms with E-state index in [1.807, 2.05) is 0 Å². The lowest BCUT2D eigenvalue weighted by atomic mass is 10.2. The van der Waals surface area contributed by atoms with Crippen molar-refractivity contribution in [1.82, 2.24) is 9.97 Å².